The quantitative estimate of drug-likeness (QED) is 0.741. The van der Waals surface area contributed by atoms with Crippen molar-refractivity contribution in [3.05, 3.63) is 76.2 Å². The van der Waals surface area contributed by atoms with Crippen LogP contribution >= 0.6 is 0 Å². The molecule has 0 radical (unpaired) electrons. The lowest BCUT2D eigenvalue weighted by Gasteiger charge is -2.08. The molecular formula is C19H17FN4O2. The molecule has 2 N–H and O–H groups in total. The van der Waals surface area contributed by atoms with Crippen molar-refractivity contribution in [2.45, 2.75) is 25.4 Å². The van der Waals surface area contributed by atoms with Gasteiger partial charge in [0.15, 0.2) is 5.82 Å². The van der Waals surface area contributed by atoms with E-state index in [-0.39, 0.29) is 23.8 Å². The van der Waals surface area contributed by atoms with Crippen molar-refractivity contribution in [2.24, 2.45) is 0 Å². The van der Waals surface area contributed by atoms with Crippen LogP contribution in [0.2, 0.25) is 0 Å². The second-order valence-corrected chi connectivity index (χ2v) is 6.29. The highest BCUT2D eigenvalue weighted by atomic mass is 19.1. The molecule has 2 aromatic carbocycles. The van der Waals surface area contributed by atoms with Gasteiger partial charge in [-0.05, 0) is 36.1 Å². The summed E-state index contributed by atoms with van der Waals surface area (Å²) in [6.07, 6.45) is 1.85. The van der Waals surface area contributed by atoms with E-state index in [2.05, 4.69) is 15.5 Å². The lowest BCUT2D eigenvalue weighted by Crippen LogP contribution is -2.27. The average Bonchev–Trinajstić information content (AvgIpc) is 3.43. The third-order valence-corrected chi connectivity index (χ3v) is 4.42. The van der Waals surface area contributed by atoms with Gasteiger partial charge in [-0.2, -0.15) is 5.10 Å². The zero-order valence-electron chi connectivity index (χ0n) is 13.9. The number of nitrogens with one attached hydrogen (secondary N) is 2. The van der Waals surface area contributed by atoms with E-state index in [1.807, 2.05) is 30.3 Å². The summed E-state index contributed by atoms with van der Waals surface area (Å²) in [5.74, 6) is -0.683. The van der Waals surface area contributed by atoms with Crippen LogP contribution in [0.5, 0.6) is 0 Å². The number of hydrogen-bond acceptors (Lipinski definition) is 3. The molecule has 0 spiro atoms. The van der Waals surface area contributed by atoms with E-state index in [9.17, 15) is 14.0 Å². The summed E-state index contributed by atoms with van der Waals surface area (Å²) in [7, 11) is 0. The van der Waals surface area contributed by atoms with Gasteiger partial charge in [-0.3, -0.25) is 9.36 Å². The Morgan fingerprint density at radius 1 is 1.19 bits per heavy atom. The van der Waals surface area contributed by atoms with Gasteiger partial charge in [0.2, 0.25) is 0 Å². The number of aromatic nitrogens is 3. The monoisotopic (exact) mass is 352 g/mol. The number of hydrogen-bond donors (Lipinski definition) is 2. The number of H-pyrrole nitrogens is 1. The molecule has 1 aliphatic carbocycles. The molecule has 0 aliphatic heterocycles. The smallest absolute Gasteiger partial charge is 0.343 e. The maximum Gasteiger partial charge on any atom is 0.343 e. The van der Waals surface area contributed by atoms with E-state index in [0.29, 0.717) is 11.4 Å². The minimum absolute atomic E-state index is 0.0412. The van der Waals surface area contributed by atoms with Crippen LogP contribution in [0.1, 0.15) is 35.1 Å². The summed E-state index contributed by atoms with van der Waals surface area (Å²) in [4.78, 5) is 24.0. The lowest BCUT2D eigenvalue weighted by molar-refractivity contribution is 0.0945. The van der Waals surface area contributed by atoms with Gasteiger partial charge in [0.25, 0.3) is 5.91 Å². The second kappa shape index (κ2) is 6.59. The van der Waals surface area contributed by atoms with E-state index >= 15 is 0 Å². The number of halogens is 1. The van der Waals surface area contributed by atoms with Crippen LogP contribution in [0.3, 0.4) is 0 Å². The largest absolute Gasteiger partial charge is 0.345 e. The Morgan fingerprint density at radius 2 is 1.96 bits per heavy atom. The first-order chi connectivity index (χ1) is 12.6. The van der Waals surface area contributed by atoms with Crippen molar-refractivity contribution in [2.75, 3.05) is 0 Å². The molecule has 0 atom stereocenters. The highest BCUT2D eigenvalue weighted by Crippen LogP contribution is 2.34. The molecule has 1 aromatic heterocycles. The van der Waals surface area contributed by atoms with Crippen LogP contribution in [0, 0.1) is 5.82 Å². The van der Waals surface area contributed by atoms with E-state index in [4.69, 9.17) is 0 Å². The number of carbonyl (C=O) groups is 1. The predicted molar refractivity (Wildman–Crippen MR) is 94.1 cm³/mol. The first-order valence-corrected chi connectivity index (χ1v) is 8.42. The summed E-state index contributed by atoms with van der Waals surface area (Å²) >= 11 is 0. The van der Waals surface area contributed by atoms with Crippen molar-refractivity contribution in [1.29, 1.82) is 0 Å². The highest BCUT2D eigenvalue weighted by Gasteiger charge is 2.28. The van der Waals surface area contributed by atoms with Crippen molar-refractivity contribution in [1.82, 2.24) is 20.1 Å². The summed E-state index contributed by atoms with van der Waals surface area (Å²) in [5, 5.41) is 8.96. The summed E-state index contributed by atoms with van der Waals surface area (Å²) in [6, 6.07) is 14.1. The number of carbonyl (C=O) groups excluding carboxylic acids is 1. The molecule has 1 aliphatic rings. The number of benzene rings is 2. The Bertz CT molecular complexity index is 1010. The van der Waals surface area contributed by atoms with E-state index < -0.39 is 11.7 Å². The molecule has 1 saturated carbocycles. The van der Waals surface area contributed by atoms with Gasteiger partial charge in [0.1, 0.15) is 5.82 Å². The van der Waals surface area contributed by atoms with Gasteiger partial charge >= 0.3 is 5.69 Å². The molecule has 6 nitrogen and oxygen atoms in total. The van der Waals surface area contributed by atoms with E-state index in [1.54, 1.807) is 10.6 Å². The van der Waals surface area contributed by atoms with Crippen LogP contribution in [0.15, 0.2) is 53.3 Å². The zero-order valence-corrected chi connectivity index (χ0v) is 13.9. The Labute approximate surface area is 148 Å². The minimum Gasteiger partial charge on any atom is -0.345 e. The minimum atomic E-state index is -0.592. The molecule has 0 bridgehead atoms. The van der Waals surface area contributed by atoms with Gasteiger partial charge in [0.05, 0.1) is 12.1 Å². The van der Waals surface area contributed by atoms with Gasteiger partial charge in [-0.15, -0.1) is 0 Å². The van der Waals surface area contributed by atoms with Crippen LogP contribution in [0.25, 0.3) is 11.1 Å². The summed E-state index contributed by atoms with van der Waals surface area (Å²) in [5.41, 5.74) is 1.26. The maximum atomic E-state index is 14.4. The van der Waals surface area contributed by atoms with Crippen LogP contribution in [0.4, 0.5) is 4.39 Å². The molecule has 3 aromatic rings. The Hall–Kier alpha value is -3.22. The number of aromatic amines is 1. The first kappa shape index (κ1) is 16.3. The topological polar surface area (TPSA) is 79.8 Å². The third kappa shape index (κ3) is 3.15. The maximum absolute atomic E-state index is 14.4. The SMILES string of the molecule is O=C(NCc1n[nH]c(=O)n1C1CC1)c1ccc(-c2ccccc2)cc1F. The third-order valence-electron chi connectivity index (χ3n) is 4.42. The Kier molecular flexibility index (Phi) is 4.12. The molecule has 4 rings (SSSR count). The normalized spacial score (nSPS) is 13.6. The first-order valence-electron chi connectivity index (χ1n) is 8.42. The molecule has 0 saturated heterocycles. The zero-order chi connectivity index (χ0) is 18.1. The predicted octanol–water partition coefficient (Wildman–Crippen LogP) is 2.64. The Morgan fingerprint density at radius 3 is 2.65 bits per heavy atom. The van der Waals surface area contributed by atoms with Crippen LogP contribution in [-0.2, 0) is 6.54 Å². The molecule has 7 heteroatoms. The number of rotatable bonds is 5. The molecule has 132 valence electrons. The van der Waals surface area contributed by atoms with Crippen LogP contribution in [-0.4, -0.2) is 20.7 Å². The Balaban J connectivity index is 1.49. The average molecular weight is 352 g/mol. The lowest BCUT2D eigenvalue weighted by atomic mass is 10.0. The van der Waals surface area contributed by atoms with Crippen molar-refractivity contribution in [3.63, 3.8) is 0 Å². The van der Waals surface area contributed by atoms with Gasteiger partial charge in [0, 0.05) is 6.04 Å². The molecule has 1 heterocycles. The molecular weight excluding hydrogens is 335 g/mol. The molecule has 1 amide bonds. The van der Waals surface area contributed by atoms with Crippen molar-refractivity contribution in [3.8, 4) is 11.1 Å². The van der Waals surface area contributed by atoms with Crippen molar-refractivity contribution < 1.29 is 9.18 Å². The fraction of sp³-hybridized carbons (Fsp3) is 0.211. The number of nitrogens with zero attached hydrogens (tertiary/aromatic N) is 2. The van der Waals surface area contributed by atoms with E-state index in [0.717, 1.165) is 18.4 Å². The van der Waals surface area contributed by atoms with E-state index in [1.165, 1.54) is 12.1 Å². The summed E-state index contributed by atoms with van der Waals surface area (Å²) < 4.78 is 15.9. The van der Waals surface area contributed by atoms with Crippen LogP contribution < -0.4 is 11.0 Å². The van der Waals surface area contributed by atoms with Gasteiger partial charge < -0.3 is 5.32 Å². The van der Waals surface area contributed by atoms with Crippen molar-refractivity contribution >= 4 is 5.91 Å². The summed E-state index contributed by atoms with van der Waals surface area (Å²) in [6.45, 7) is 0.0634. The van der Waals surface area contributed by atoms with Gasteiger partial charge in [-0.1, -0.05) is 36.4 Å². The fourth-order valence-corrected chi connectivity index (χ4v) is 2.94. The fourth-order valence-electron chi connectivity index (χ4n) is 2.94. The number of amides is 1. The standard InChI is InChI=1S/C19H17FN4O2/c20-16-10-13(12-4-2-1-3-5-12)6-9-15(16)18(25)21-11-17-22-23-19(26)24(17)14-7-8-14/h1-6,9-10,14H,7-8,11H2,(H,21,25)(H,23,26). The highest BCUT2D eigenvalue weighted by molar-refractivity contribution is 5.94. The second-order valence-electron chi connectivity index (χ2n) is 6.29. The molecule has 26 heavy (non-hydrogen) atoms. The molecule has 0 unspecified atom stereocenters. The molecule has 1 fully saturated rings. The van der Waals surface area contributed by atoms with Gasteiger partial charge in [-0.25, -0.2) is 14.3 Å².